The van der Waals surface area contributed by atoms with Crippen molar-refractivity contribution in [2.75, 3.05) is 13.2 Å². The summed E-state index contributed by atoms with van der Waals surface area (Å²) in [4.78, 5) is 29.0. The van der Waals surface area contributed by atoms with Crippen LogP contribution in [0.5, 0.6) is 5.75 Å². The molecule has 1 N–H and O–H groups in total. The lowest BCUT2D eigenvalue weighted by Crippen LogP contribution is -2.52. The second-order valence-corrected chi connectivity index (χ2v) is 12.4. The van der Waals surface area contributed by atoms with Gasteiger partial charge in [-0.3, -0.25) is 9.59 Å². The molecule has 0 saturated carbocycles. The van der Waals surface area contributed by atoms with Gasteiger partial charge in [0.1, 0.15) is 11.8 Å². The molecule has 3 rings (SSSR count). The highest BCUT2D eigenvalue weighted by atomic mass is 79.9. The Morgan fingerprint density at radius 2 is 1.64 bits per heavy atom. The van der Waals surface area contributed by atoms with Gasteiger partial charge in [0.2, 0.25) is 5.91 Å². The third kappa shape index (κ3) is 9.24. The fraction of sp³-hybridized carbons (Fsp3) is 0.394. The second-order valence-electron chi connectivity index (χ2n) is 11.5. The lowest BCUT2D eigenvalue weighted by atomic mass is 9.87. The van der Waals surface area contributed by atoms with Crippen LogP contribution in [0.3, 0.4) is 0 Å². The van der Waals surface area contributed by atoms with E-state index in [9.17, 15) is 9.59 Å². The molecule has 0 aliphatic heterocycles. The summed E-state index contributed by atoms with van der Waals surface area (Å²) in [6, 6.07) is 23.1. The number of aryl methyl sites for hydroxylation is 1. The second kappa shape index (κ2) is 13.8. The number of nitrogens with zero attached hydrogens (tertiary/aromatic N) is 1. The van der Waals surface area contributed by atoms with Crippen LogP contribution in [0.4, 0.5) is 0 Å². The van der Waals surface area contributed by atoms with Gasteiger partial charge in [0.05, 0.1) is 4.47 Å². The number of rotatable bonds is 11. The molecule has 2 amide bonds. The SMILES string of the molecule is Cc1cccc(CN(C(=O)COc2ccc(C(C)(C)C)cc2Br)C(Cc2ccccc2)C(=O)NCC(C)C)c1. The van der Waals surface area contributed by atoms with Crippen LogP contribution in [-0.4, -0.2) is 35.9 Å². The Hall–Kier alpha value is -3.12. The van der Waals surface area contributed by atoms with Gasteiger partial charge in [-0.25, -0.2) is 0 Å². The first kappa shape index (κ1) is 30.4. The fourth-order valence-electron chi connectivity index (χ4n) is 4.29. The Kier molecular flexibility index (Phi) is 10.8. The lowest BCUT2D eigenvalue weighted by molar-refractivity contribution is -0.142. The number of carbonyl (C=O) groups excluding carboxylic acids is 2. The number of hydrogen-bond acceptors (Lipinski definition) is 3. The molecule has 1 atom stereocenters. The van der Waals surface area contributed by atoms with E-state index in [-0.39, 0.29) is 23.8 Å². The molecule has 0 saturated heterocycles. The van der Waals surface area contributed by atoms with Crippen LogP contribution in [0, 0.1) is 12.8 Å². The molecular formula is C33H41BrN2O3. The van der Waals surface area contributed by atoms with Crippen molar-refractivity contribution in [1.82, 2.24) is 10.2 Å². The first-order chi connectivity index (χ1) is 18.4. The van der Waals surface area contributed by atoms with Crippen molar-refractivity contribution in [2.45, 2.75) is 66.0 Å². The van der Waals surface area contributed by atoms with Gasteiger partial charge >= 0.3 is 0 Å². The van der Waals surface area contributed by atoms with Gasteiger partial charge in [-0.15, -0.1) is 0 Å². The maximum atomic E-state index is 13.8. The summed E-state index contributed by atoms with van der Waals surface area (Å²) in [5.74, 6) is 0.480. The number of hydrogen-bond donors (Lipinski definition) is 1. The van der Waals surface area contributed by atoms with Crippen LogP contribution in [0.25, 0.3) is 0 Å². The average Bonchev–Trinajstić information content (AvgIpc) is 2.88. The Balaban J connectivity index is 1.90. The molecule has 39 heavy (non-hydrogen) atoms. The molecule has 3 aromatic carbocycles. The number of ether oxygens (including phenoxy) is 1. The highest BCUT2D eigenvalue weighted by molar-refractivity contribution is 9.10. The Morgan fingerprint density at radius 3 is 2.26 bits per heavy atom. The van der Waals surface area contributed by atoms with Gasteiger partial charge in [0.15, 0.2) is 6.61 Å². The fourth-order valence-corrected chi connectivity index (χ4v) is 4.78. The van der Waals surface area contributed by atoms with E-state index in [1.54, 1.807) is 4.90 Å². The third-order valence-corrected chi connectivity index (χ3v) is 7.16. The van der Waals surface area contributed by atoms with E-state index in [4.69, 9.17) is 4.74 Å². The summed E-state index contributed by atoms with van der Waals surface area (Å²) in [5.41, 5.74) is 4.22. The minimum Gasteiger partial charge on any atom is -0.483 e. The average molecular weight is 594 g/mol. The molecule has 3 aromatic rings. The molecule has 0 heterocycles. The molecule has 0 aliphatic rings. The monoisotopic (exact) mass is 592 g/mol. The van der Waals surface area contributed by atoms with Crippen LogP contribution in [0.1, 0.15) is 56.9 Å². The van der Waals surface area contributed by atoms with E-state index in [2.05, 4.69) is 61.9 Å². The standard InChI is InChI=1S/C33H41BrN2O3/c1-23(2)20-35-32(38)29(18-25-12-8-7-9-13-25)36(21-26-14-10-11-24(3)17-26)31(37)22-39-30-16-15-27(19-28(30)34)33(4,5)6/h7-17,19,23,29H,18,20-22H2,1-6H3,(H,35,38). The van der Waals surface area contributed by atoms with Crippen LogP contribution in [0.15, 0.2) is 77.3 Å². The number of carbonyl (C=O) groups is 2. The highest BCUT2D eigenvalue weighted by Gasteiger charge is 2.31. The maximum Gasteiger partial charge on any atom is 0.261 e. The minimum absolute atomic E-state index is 0.00447. The summed E-state index contributed by atoms with van der Waals surface area (Å²) in [7, 11) is 0. The molecule has 0 fully saturated rings. The zero-order valence-corrected chi connectivity index (χ0v) is 25.5. The first-order valence-electron chi connectivity index (χ1n) is 13.5. The topological polar surface area (TPSA) is 58.6 Å². The zero-order valence-electron chi connectivity index (χ0n) is 24.0. The Bertz CT molecular complexity index is 1250. The van der Waals surface area contributed by atoms with Crippen molar-refractivity contribution in [3.63, 3.8) is 0 Å². The molecule has 0 spiro atoms. The summed E-state index contributed by atoms with van der Waals surface area (Å²) in [5, 5.41) is 3.06. The van der Waals surface area contributed by atoms with Gasteiger partial charge in [0, 0.05) is 19.5 Å². The van der Waals surface area contributed by atoms with Crippen molar-refractivity contribution in [2.24, 2.45) is 5.92 Å². The zero-order chi connectivity index (χ0) is 28.6. The van der Waals surface area contributed by atoms with Crippen molar-refractivity contribution in [3.8, 4) is 5.75 Å². The van der Waals surface area contributed by atoms with E-state index in [0.29, 0.717) is 31.2 Å². The van der Waals surface area contributed by atoms with Gasteiger partial charge in [-0.1, -0.05) is 101 Å². The van der Waals surface area contributed by atoms with E-state index in [0.717, 1.165) is 21.2 Å². The van der Waals surface area contributed by atoms with Crippen molar-refractivity contribution in [1.29, 1.82) is 0 Å². The summed E-state index contributed by atoms with van der Waals surface area (Å²) < 4.78 is 6.81. The summed E-state index contributed by atoms with van der Waals surface area (Å²) in [6.45, 7) is 13.3. The molecule has 0 bridgehead atoms. The largest absolute Gasteiger partial charge is 0.483 e. The summed E-state index contributed by atoms with van der Waals surface area (Å²) >= 11 is 3.60. The van der Waals surface area contributed by atoms with Crippen molar-refractivity contribution >= 4 is 27.7 Å². The van der Waals surface area contributed by atoms with Gasteiger partial charge in [-0.05, 0) is 63.0 Å². The molecule has 0 aliphatic carbocycles. The molecule has 5 nitrogen and oxygen atoms in total. The molecule has 1 unspecified atom stereocenters. The van der Waals surface area contributed by atoms with E-state index in [1.165, 1.54) is 5.56 Å². The minimum atomic E-state index is -0.686. The highest BCUT2D eigenvalue weighted by Crippen LogP contribution is 2.31. The summed E-state index contributed by atoms with van der Waals surface area (Å²) in [6.07, 6.45) is 0.409. The Morgan fingerprint density at radius 1 is 0.949 bits per heavy atom. The van der Waals surface area contributed by atoms with E-state index < -0.39 is 6.04 Å². The first-order valence-corrected chi connectivity index (χ1v) is 14.3. The van der Waals surface area contributed by atoms with Crippen LogP contribution in [-0.2, 0) is 28.0 Å². The van der Waals surface area contributed by atoms with E-state index >= 15 is 0 Å². The van der Waals surface area contributed by atoms with Crippen LogP contribution < -0.4 is 10.1 Å². The maximum absolute atomic E-state index is 13.8. The predicted octanol–water partition coefficient (Wildman–Crippen LogP) is 6.85. The third-order valence-electron chi connectivity index (χ3n) is 6.54. The quantitative estimate of drug-likeness (QED) is 0.265. The Labute approximate surface area is 242 Å². The smallest absolute Gasteiger partial charge is 0.261 e. The molecule has 6 heteroatoms. The molecule has 0 radical (unpaired) electrons. The number of amides is 2. The van der Waals surface area contributed by atoms with Crippen molar-refractivity contribution < 1.29 is 14.3 Å². The van der Waals surface area contributed by atoms with Crippen LogP contribution >= 0.6 is 15.9 Å². The lowest BCUT2D eigenvalue weighted by Gasteiger charge is -2.32. The number of nitrogens with one attached hydrogen (secondary N) is 1. The predicted molar refractivity (Wildman–Crippen MR) is 162 cm³/mol. The van der Waals surface area contributed by atoms with Gasteiger partial charge in [0.25, 0.3) is 5.91 Å². The molecule has 0 aromatic heterocycles. The molecular weight excluding hydrogens is 552 g/mol. The molecule has 208 valence electrons. The normalized spacial score (nSPS) is 12.2. The van der Waals surface area contributed by atoms with Gasteiger partial charge in [-0.2, -0.15) is 0 Å². The van der Waals surface area contributed by atoms with E-state index in [1.807, 2.05) is 73.7 Å². The number of benzene rings is 3. The van der Waals surface area contributed by atoms with Crippen LogP contribution in [0.2, 0.25) is 0 Å². The van der Waals surface area contributed by atoms with Gasteiger partial charge < -0.3 is 15.0 Å². The van der Waals surface area contributed by atoms with Crippen molar-refractivity contribution in [3.05, 3.63) is 99.5 Å². The number of halogens is 1.